The van der Waals surface area contributed by atoms with Crippen LogP contribution in [-0.2, 0) is 10.1 Å². The first-order valence-corrected chi connectivity index (χ1v) is 9.00. The largest absolute Gasteiger partial charge is 0.534 e. The quantitative estimate of drug-likeness (QED) is 0.310. The molecule has 0 N–H and O–H groups in total. The first kappa shape index (κ1) is 18.5. The number of fused-ring (bicyclic) bond motifs is 1. The van der Waals surface area contributed by atoms with Crippen LogP contribution >= 0.6 is 15.9 Å². The summed E-state index contributed by atoms with van der Waals surface area (Å²) < 4.78 is 64.1. The van der Waals surface area contributed by atoms with Crippen LogP contribution in [0.2, 0.25) is 0 Å². The molecule has 135 valence electrons. The van der Waals surface area contributed by atoms with Crippen LogP contribution in [0.3, 0.4) is 0 Å². The Hall–Kier alpha value is -2.24. The van der Waals surface area contributed by atoms with E-state index in [1.165, 1.54) is 12.1 Å². The van der Waals surface area contributed by atoms with E-state index in [2.05, 4.69) is 20.1 Å². The lowest BCUT2D eigenvalue weighted by Gasteiger charge is -2.09. The minimum atomic E-state index is -5.88. The Kier molecular flexibility index (Phi) is 4.41. The number of alkyl halides is 3. The maximum atomic E-state index is 12.5. The van der Waals surface area contributed by atoms with Gasteiger partial charge in [-0.3, -0.25) is 0 Å². The molecule has 0 unspecified atom stereocenters. The highest BCUT2D eigenvalue weighted by Crippen LogP contribution is 2.33. The fourth-order valence-corrected chi connectivity index (χ4v) is 2.99. The second kappa shape index (κ2) is 6.18. The summed E-state index contributed by atoms with van der Waals surface area (Å²) in [6, 6.07) is 8.90. The summed E-state index contributed by atoms with van der Waals surface area (Å²) in [5, 5.41) is 0. The molecule has 6 nitrogen and oxygen atoms in total. The van der Waals surface area contributed by atoms with Gasteiger partial charge in [-0.15, -0.1) is 0 Å². The zero-order valence-corrected chi connectivity index (χ0v) is 14.9. The summed E-state index contributed by atoms with van der Waals surface area (Å²) in [5.74, 6) is -2.21. The molecule has 1 aliphatic heterocycles. The van der Waals surface area contributed by atoms with Crippen LogP contribution in [0.5, 0.6) is 5.75 Å². The molecule has 1 heterocycles. The Balaban J connectivity index is 1.97. The number of carbonyl (C=O) groups excluding carboxylic acids is 2. The molecule has 0 spiro atoms. The summed E-state index contributed by atoms with van der Waals surface area (Å²) in [4.78, 5) is 25.7. The van der Waals surface area contributed by atoms with Crippen molar-refractivity contribution in [3.05, 3.63) is 58.1 Å². The molecule has 1 radical (unpaired) electrons. The summed E-state index contributed by atoms with van der Waals surface area (Å²) in [6.45, 7) is 0. The van der Waals surface area contributed by atoms with Crippen LogP contribution in [-0.4, -0.2) is 25.7 Å². The molecular weight excluding hydrogens is 443 g/mol. The van der Waals surface area contributed by atoms with E-state index in [0.29, 0.717) is 4.47 Å². The molecule has 26 heavy (non-hydrogen) atoms. The van der Waals surface area contributed by atoms with Gasteiger partial charge in [0.05, 0.1) is 0 Å². The van der Waals surface area contributed by atoms with E-state index < -0.39 is 33.2 Å². The maximum absolute atomic E-state index is 12.5. The van der Waals surface area contributed by atoms with Crippen molar-refractivity contribution in [2.24, 2.45) is 0 Å². The van der Waals surface area contributed by atoms with Crippen LogP contribution in [0, 0.1) is 0 Å². The highest BCUT2D eigenvalue weighted by molar-refractivity contribution is 9.10. The SMILES string of the molecule is O=C1c2ccc(OS(=O)(=O)C(F)(F)F)cc2C(=O)[N+]1c1ccc(Br)cc1. The van der Waals surface area contributed by atoms with Gasteiger partial charge in [-0.2, -0.15) is 21.6 Å². The fraction of sp³-hybridized carbons (Fsp3) is 0.0667. The Morgan fingerprint density at radius 1 is 0.923 bits per heavy atom. The predicted molar refractivity (Wildman–Crippen MR) is 86.6 cm³/mol. The minimum absolute atomic E-state index is 0.0744. The van der Waals surface area contributed by atoms with Crippen LogP contribution in [0.25, 0.3) is 0 Å². The van der Waals surface area contributed by atoms with Gasteiger partial charge in [0, 0.05) is 27.6 Å². The monoisotopic (exact) mass is 449 g/mol. The number of rotatable bonds is 3. The van der Waals surface area contributed by atoms with Crippen molar-refractivity contribution in [3.8, 4) is 5.75 Å². The van der Waals surface area contributed by atoms with Crippen molar-refractivity contribution in [2.45, 2.75) is 5.51 Å². The van der Waals surface area contributed by atoms with Gasteiger partial charge in [-0.1, -0.05) is 15.9 Å². The van der Waals surface area contributed by atoms with Crippen LogP contribution in [0.15, 0.2) is 46.9 Å². The van der Waals surface area contributed by atoms with E-state index in [4.69, 9.17) is 0 Å². The standard InChI is InChI=1S/C15H7BrF3NO5S/c16-8-1-3-9(4-2-8)20-13(21)11-6-5-10(7-12(11)14(20)22)25-26(23,24)15(17,18)19/h1-7H/q+1. The van der Waals surface area contributed by atoms with Crippen molar-refractivity contribution in [2.75, 3.05) is 0 Å². The van der Waals surface area contributed by atoms with E-state index >= 15 is 0 Å². The molecule has 2 aromatic rings. The zero-order chi connectivity index (χ0) is 19.3. The van der Waals surface area contributed by atoms with Gasteiger partial charge in [-0.25, -0.2) is 9.59 Å². The number of anilines is 1. The van der Waals surface area contributed by atoms with Gasteiger partial charge < -0.3 is 4.18 Å². The normalized spacial score (nSPS) is 15.2. The van der Waals surface area contributed by atoms with E-state index in [0.717, 1.165) is 23.1 Å². The number of carbonyl (C=O) groups is 2. The molecule has 2 aromatic carbocycles. The van der Waals surface area contributed by atoms with Crippen molar-refractivity contribution in [1.82, 2.24) is 4.90 Å². The average Bonchev–Trinajstić information content (AvgIpc) is 2.78. The zero-order valence-electron chi connectivity index (χ0n) is 12.5. The number of amides is 2. The van der Waals surface area contributed by atoms with Crippen LogP contribution < -0.4 is 9.08 Å². The van der Waals surface area contributed by atoms with E-state index in [1.807, 2.05) is 0 Å². The third-order valence-corrected chi connectivity index (χ3v) is 4.94. The lowest BCUT2D eigenvalue weighted by molar-refractivity contribution is -0.0500. The summed E-state index contributed by atoms with van der Waals surface area (Å²) in [6.07, 6.45) is 0. The Morgan fingerprint density at radius 2 is 1.50 bits per heavy atom. The van der Waals surface area contributed by atoms with Gasteiger partial charge in [-0.05, 0) is 24.3 Å². The molecule has 1 aliphatic rings. The van der Waals surface area contributed by atoms with Gasteiger partial charge >= 0.3 is 27.4 Å². The second-order valence-corrected chi connectivity index (χ2v) is 7.57. The van der Waals surface area contributed by atoms with E-state index in [-0.39, 0.29) is 16.8 Å². The lowest BCUT2D eigenvalue weighted by Crippen LogP contribution is -2.30. The average molecular weight is 450 g/mol. The Bertz CT molecular complexity index is 1020. The number of nitrogens with zero attached hydrogens (tertiary/aromatic N) is 1. The molecule has 0 bridgehead atoms. The van der Waals surface area contributed by atoms with Gasteiger partial charge in [0.25, 0.3) is 0 Å². The highest BCUT2D eigenvalue weighted by atomic mass is 79.9. The third kappa shape index (κ3) is 3.13. The highest BCUT2D eigenvalue weighted by Gasteiger charge is 2.51. The topological polar surface area (TPSA) is 83.4 Å². The number of hydrogen-bond acceptors (Lipinski definition) is 5. The second-order valence-electron chi connectivity index (χ2n) is 5.11. The Morgan fingerprint density at radius 3 is 2.08 bits per heavy atom. The number of halogens is 4. The molecule has 0 atom stereocenters. The number of benzene rings is 2. The molecule has 11 heteroatoms. The Labute approximate surface area is 153 Å². The first-order valence-electron chi connectivity index (χ1n) is 6.80. The van der Waals surface area contributed by atoms with Crippen LogP contribution in [0.1, 0.15) is 20.7 Å². The molecule has 0 fully saturated rings. The van der Waals surface area contributed by atoms with Crippen LogP contribution in [0.4, 0.5) is 18.9 Å². The molecule has 0 saturated carbocycles. The molecule has 3 rings (SSSR count). The third-order valence-electron chi connectivity index (χ3n) is 3.43. The smallest absolute Gasteiger partial charge is 0.376 e. The van der Waals surface area contributed by atoms with Gasteiger partial charge in [0.2, 0.25) is 0 Å². The first-order chi connectivity index (χ1) is 12.0. The molecule has 0 saturated heterocycles. The summed E-state index contributed by atoms with van der Waals surface area (Å²) in [7, 11) is -5.88. The molecule has 0 aliphatic carbocycles. The molecule has 2 amide bonds. The van der Waals surface area contributed by atoms with E-state index in [9.17, 15) is 31.2 Å². The summed E-state index contributed by atoms with van der Waals surface area (Å²) >= 11 is 3.21. The molecule has 0 aromatic heterocycles. The van der Waals surface area contributed by atoms with Crippen molar-refractivity contribution in [3.63, 3.8) is 0 Å². The minimum Gasteiger partial charge on any atom is -0.376 e. The number of hydrogen-bond donors (Lipinski definition) is 0. The predicted octanol–water partition coefficient (Wildman–Crippen LogP) is 3.44. The van der Waals surface area contributed by atoms with Gasteiger partial charge in [0.15, 0.2) is 5.69 Å². The fourth-order valence-electron chi connectivity index (χ4n) is 2.27. The summed E-state index contributed by atoms with van der Waals surface area (Å²) in [5.41, 5.74) is -5.69. The number of imide groups is 1. The van der Waals surface area contributed by atoms with Crippen molar-refractivity contribution < 1.29 is 35.4 Å². The van der Waals surface area contributed by atoms with E-state index in [1.54, 1.807) is 12.1 Å². The lowest BCUT2D eigenvalue weighted by atomic mass is 10.1. The van der Waals surface area contributed by atoms with Gasteiger partial charge in [0.1, 0.15) is 16.9 Å². The molecular formula is C15H7BrF3NO5S+. The van der Waals surface area contributed by atoms with Crippen molar-refractivity contribution in [1.29, 1.82) is 0 Å². The van der Waals surface area contributed by atoms with Crippen molar-refractivity contribution >= 4 is 43.5 Å². The maximum Gasteiger partial charge on any atom is 0.534 e.